The van der Waals surface area contributed by atoms with E-state index in [2.05, 4.69) is 5.32 Å². The van der Waals surface area contributed by atoms with E-state index in [1.165, 1.54) is 0 Å². The van der Waals surface area contributed by atoms with Crippen LogP contribution in [0.2, 0.25) is 0 Å². The standard InChI is InChI=1S/C11H16N2O/c1-2-6-13-11(14)10-5-3-4-9(7-10)8-12/h3-5,7H,2,6,8,12H2,1H3,(H,13,14). The van der Waals surface area contributed by atoms with Crippen molar-refractivity contribution in [3.63, 3.8) is 0 Å². The van der Waals surface area contributed by atoms with Gasteiger partial charge in [-0.05, 0) is 24.1 Å². The predicted octanol–water partition coefficient (Wildman–Crippen LogP) is 1.29. The van der Waals surface area contributed by atoms with E-state index in [4.69, 9.17) is 5.73 Å². The Morgan fingerprint density at radius 1 is 1.50 bits per heavy atom. The molecule has 0 saturated carbocycles. The van der Waals surface area contributed by atoms with Crippen molar-refractivity contribution in [3.8, 4) is 0 Å². The second-order valence-electron chi connectivity index (χ2n) is 3.16. The summed E-state index contributed by atoms with van der Waals surface area (Å²) in [5.41, 5.74) is 7.15. The molecule has 3 N–H and O–H groups in total. The minimum Gasteiger partial charge on any atom is -0.352 e. The number of benzene rings is 1. The Labute approximate surface area is 84.3 Å². The molecule has 14 heavy (non-hydrogen) atoms. The van der Waals surface area contributed by atoms with E-state index in [-0.39, 0.29) is 5.91 Å². The number of nitrogens with two attached hydrogens (primary N) is 1. The Morgan fingerprint density at radius 3 is 2.93 bits per heavy atom. The lowest BCUT2D eigenvalue weighted by Gasteiger charge is -2.04. The second kappa shape index (κ2) is 5.40. The smallest absolute Gasteiger partial charge is 0.251 e. The van der Waals surface area contributed by atoms with Crippen molar-refractivity contribution >= 4 is 5.91 Å². The third-order valence-electron chi connectivity index (χ3n) is 1.96. The van der Waals surface area contributed by atoms with Gasteiger partial charge in [0.05, 0.1) is 0 Å². The molecule has 0 bridgehead atoms. The second-order valence-corrected chi connectivity index (χ2v) is 3.16. The van der Waals surface area contributed by atoms with Gasteiger partial charge in [0.25, 0.3) is 5.91 Å². The Bertz CT molecular complexity index is 310. The van der Waals surface area contributed by atoms with E-state index in [1.807, 2.05) is 25.1 Å². The van der Waals surface area contributed by atoms with Crippen molar-refractivity contribution in [1.82, 2.24) is 5.32 Å². The molecule has 0 fully saturated rings. The van der Waals surface area contributed by atoms with E-state index in [9.17, 15) is 4.79 Å². The first-order valence-corrected chi connectivity index (χ1v) is 4.85. The number of amides is 1. The van der Waals surface area contributed by atoms with Crippen molar-refractivity contribution in [2.45, 2.75) is 19.9 Å². The van der Waals surface area contributed by atoms with Gasteiger partial charge in [0.15, 0.2) is 0 Å². The lowest BCUT2D eigenvalue weighted by Crippen LogP contribution is -2.24. The van der Waals surface area contributed by atoms with Crippen LogP contribution in [-0.2, 0) is 6.54 Å². The first-order valence-electron chi connectivity index (χ1n) is 4.85. The normalized spacial score (nSPS) is 9.86. The molecule has 0 heterocycles. The Morgan fingerprint density at radius 2 is 2.29 bits per heavy atom. The summed E-state index contributed by atoms with van der Waals surface area (Å²) in [6.07, 6.45) is 0.947. The summed E-state index contributed by atoms with van der Waals surface area (Å²) in [5.74, 6) is -0.0258. The summed E-state index contributed by atoms with van der Waals surface area (Å²) in [7, 11) is 0. The summed E-state index contributed by atoms with van der Waals surface area (Å²) < 4.78 is 0. The molecular weight excluding hydrogens is 176 g/mol. The van der Waals surface area contributed by atoms with Crippen molar-refractivity contribution in [2.75, 3.05) is 6.54 Å². The number of hydrogen-bond acceptors (Lipinski definition) is 2. The van der Waals surface area contributed by atoms with Crippen LogP contribution in [-0.4, -0.2) is 12.5 Å². The maximum absolute atomic E-state index is 11.5. The van der Waals surface area contributed by atoms with Gasteiger partial charge >= 0.3 is 0 Å². The van der Waals surface area contributed by atoms with Crippen LogP contribution in [0.4, 0.5) is 0 Å². The van der Waals surface area contributed by atoms with Crippen LogP contribution in [0.15, 0.2) is 24.3 Å². The Balaban J connectivity index is 2.69. The predicted molar refractivity (Wildman–Crippen MR) is 57.0 cm³/mol. The lowest BCUT2D eigenvalue weighted by molar-refractivity contribution is 0.0953. The van der Waals surface area contributed by atoms with Crippen LogP contribution in [0.25, 0.3) is 0 Å². The average molecular weight is 192 g/mol. The van der Waals surface area contributed by atoms with Crippen molar-refractivity contribution in [2.24, 2.45) is 5.73 Å². The Hall–Kier alpha value is -1.35. The summed E-state index contributed by atoms with van der Waals surface area (Å²) in [4.78, 5) is 11.5. The van der Waals surface area contributed by atoms with E-state index < -0.39 is 0 Å². The average Bonchev–Trinajstić information content (AvgIpc) is 2.26. The first-order chi connectivity index (χ1) is 6.77. The largest absolute Gasteiger partial charge is 0.352 e. The van der Waals surface area contributed by atoms with Crippen LogP contribution in [0, 0.1) is 0 Å². The van der Waals surface area contributed by atoms with Gasteiger partial charge in [-0.25, -0.2) is 0 Å². The highest BCUT2D eigenvalue weighted by Crippen LogP contribution is 2.04. The van der Waals surface area contributed by atoms with Crippen LogP contribution in [0.3, 0.4) is 0 Å². The van der Waals surface area contributed by atoms with Crippen molar-refractivity contribution < 1.29 is 4.79 Å². The molecule has 0 aliphatic carbocycles. The monoisotopic (exact) mass is 192 g/mol. The quantitative estimate of drug-likeness (QED) is 0.755. The van der Waals surface area contributed by atoms with E-state index in [0.29, 0.717) is 18.7 Å². The molecule has 0 spiro atoms. The third-order valence-corrected chi connectivity index (χ3v) is 1.96. The molecule has 0 aliphatic rings. The fraction of sp³-hybridized carbons (Fsp3) is 0.364. The lowest BCUT2D eigenvalue weighted by atomic mass is 10.1. The SMILES string of the molecule is CCCNC(=O)c1cccc(CN)c1. The fourth-order valence-electron chi connectivity index (χ4n) is 1.18. The first kappa shape index (κ1) is 10.7. The Kier molecular flexibility index (Phi) is 4.13. The summed E-state index contributed by atoms with van der Waals surface area (Å²) in [6.45, 7) is 3.21. The molecule has 1 amide bonds. The highest BCUT2D eigenvalue weighted by atomic mass is 16.1. The molecular formula is C11H16N2O. The molecule has 0 radical (unpaired) electrons. The zero-order chi connectivity index (χ0) is 10.4. The van der Waals surface area contributed by atoms with Gasteiger partial charge in [-0.3, -0.25) is 4.79 Å². The van der Waals surface area contributed by atoms with Crippen LogP contribution in [0.5, 0.6) is 0 Å². The van der Waals surface area contributed by atoms with E-state index >= 15 is 0 Å². The molecule has 0 unspecified atom stereocenters. The fourth-order valence-corrected chi connectivity index (χ4v) is 1.18. The van der Waals surface area contributed by atoms with Gasteiger partial charge in [-0.1, -0.05) is 19.1 Å². The topological polar surface area (TPSA) is 55.1 Å². The minimum atomic E-state index is -0.0258. The van der Waals surface area contributed by atoms with Crippen molar-refractivity contribution in [1.29, 1.82) is 0 Å². The van der Waals surface area contributed by atoms with Gasteiger partial charge < -0.3 is 11.1 Å². The molecule has 0 saturated heterocycles. The third kappa shape index (κ3) is 2.85. The van der Waals surface area contributed by atoms with E-state index in [1.54, 1.807) is 6.07 Å². The number of carbonyl (C=O) groups is 1. The van der Waals surface area contributed by atoms with Gasteiger partial charge in [-0.15, -0.1) is 0 Å². The maximum atomic E-state index is 11.5. The molecule has 0 atom stereocenters. The highest BCUT2D eigenvalue weighted by molar-refractivity contribution is 5.94. The van der Waals surface area contributed by atoms with Gasteiger partial charge in [0.2, 0.25) is 0 Å². The summed E-state index contributed by atoms with van der Waals surface area (Å²) >= 11 is 0. The van der Waals surface area contributed by atoms with Gasteiger partial charge in [0.1, 0.15) is 0 Å². The van der Waals surface area contributed by atoms with E-state index in [0.717, 1.165) is 12.0 Å². The summed E-state index contributed by atoms with van der Waals surface area (Å²) in [6, 6.07) is 7.38. The van der Waals surface area contributed by atoms with Crippen LogP contribution >= 0.6 is 0 Å². The molecule has 1 aromatic carbocycles. The number of rotatable bonds is 4. The zero-order valence-electron chi connectivity index (χ0n) is 8.42. The zero-order valence-corrected chi connectivity index (χ0v) is 8.42. The van der Waals surface area contributed by atoms with Crippen LogP contribution < -0.4 is 11.1 Å². The van der Waals surface area contributed by atoms with Gasteiger partial charge in [0, 0.05) is 18.7 Å². The molecule has 1 rings (SSSR count). The number of hydrogen-bond donors (Lipinski definition) is 2. The molecule has 1 aromatic rings. The molecule has 0 aromatic heterocycles. The minimum absolute atomic E-state index is 0.0258. The van der Waals surface area contributed by atoms with Gasteiger partial charge in [-0.2, -0.15) is 0 Å². The molecule has 0 aliphatic heterocycles. The summed E-state index contributed by atoms with van der Waals surface area (Å²) in [5, 5.41) is 2.82. The van der Waals surface area contributed by atoms with Crippen molar-refractivity contribution in [3.05, 3.63) is 35.4 Å². The van der Waals surface area contributed by atoms with Crippen LogP contribution in [0.1, 0.15) is 29.3 Å². The number of nitrogens with one attached hydrogen (secondary N) is 1. The highest BCUT2D eigenvalue weighted by Gasteiger charge is 2.03. The molecule has 76 valence electrons. The number of carbonyl (C=O) groups excluding carboxylic acids is 1. The maximum Gasteiger partial charge on any atom is 0.251 e. The molecule has 3 nitrogen and oxygen atoms in total. The molecule has 3 heteroatoms.